The van der Waals surface area contributed by atoms with E-state index in [2.05, 4.69) is 26.3 Å². The number of pyridine rings is 1. The molecular formula is C31H29ClN6O3S. The first-order valence-electron chi connectivity index (χ1n) is 13.5. The van der Waals surface area contributed by atoms with Crippen molar-refractivity contribution in [3.63, 3.8) is 0 Å². The molecule has 0 bridgehead atoms. The van der Waals surface area contributed by atoms with E-state index < -0.39 is 0 Å². The minimum atomic E-state index is 0.430. The number of nitrogens with zero attached hydrogens (tertiary/aromatic N) is 5. The Balaban J connectivity index is 1.29. The van der Waals surface area contributed by atoms with E-state index in [1.807, 2.05) is 60.3 Å². The van der Waals surface area contributed by atoms with Crippen LogP contribution in [-0.2, 0) is 11.8 Å². The molecule has 0 radical (unpaired) electrons. The molecule has 11 heteroatoms. The third kappa shape index (κ3) is 5.96. The molecule has 0 amide bonds. The first-order valence-corrected chi connectivity index (χ1v) is 14.7. The standard InChI is InChI=1S/C31H29ClN6O3S/c1-37-6-5-34-31(37)42-29-4-3-23(17-25(29)32)36-30-22(18-33)19-35-26-14-21-16-28(27(39-2)15-20(21)13-24(26)30)41-12-9-38-7-10-40-11-8-38/h3-6,13-17,19H,7-12H2,1-2H3,(H,35,36). The van der Waals surface area contributed by atoms with Crippen molar-refractivity contribution in [3.8, 4) is 17.6 Å². The molecule has 1 aliphatic rings. The van der Waals surface area contributed by atoms with Gasteiger partial charge in [-0.2, -0.15) is 5.26 Å². The quantitative estimate of drug-likeness (QED) is 0.197. The number of rotatable bonds is 9. The van der Waals surface area contributed by atoms with Crippen LogP contribution in [-0.4, -0.2) is 66.0 Å². The molecule has 0 spiro atoms. The number of hydrogen-bond acceptors (Lipinski definition) is 9. The normalized spacial score (nSPS) is 13.8. The monoisotopic (exact) mass is 600 g/mol. The van der Waals surface area contributed by atoms with Gasteiger partial charge in [0.25, 0.3) is 0 Å². The molecule has 0 unspecified atom stereocenters. The summed E-state index contributed by atoms with van der Waals surface area (Å²) < 4.78 is 19.2. The van der Waals surface area contributed by atoms with Crippen molar-refractivity contribution in [2.45, 2.75) is 10.1 Å². The molecule has 3 aromatic carbocycles. The van der Waals surface area contributed by atoms with Crippen LogP contribution < -0.4 is 14.8 Å². The minimum Gasteiger partial charge on any atom is -0.493 e. The van der Waals surface area contributed by atoms with Crippen LogP contribution in [0.4, 0.5) is 11.4 Å². The Labute approximate surface area is 253 Å². The van der Waals surface area contributed by atoms with E-state index >= 15 is 0 Å². The van der Waals surface area contributed by atoms with E-state index in [1.165, 1.54) is 11.8 Å². The number of hydrogen-bond donors (Lipinski definition) is 1. The zero-order valence-corrected chi connectivity index (χ0v) is 24.8. The number of fused-ring (bicyclic) bond motifs is 2. The highest BCUT2D eigenvalue weighted by Gasteiger charge is 2.16. The summed E-state index contributed by atoms with van der Waals surface area (Å²) in [5.41, 5.74) is 2.60. The summed E-state index contributed by atoms with van der Waals surface area (Å²) in [6, 6.07) is 16.0. The molecule has 3 heterocycles. The van der Waals surface area contributed by atoms with Crippen LogP contribution in [0.25, 0.3) is 21.7 Å². The van der Waals surface area contributed by atoms with Gasteiger partial charge in [-0.05, 0) is 53.2 Å². The molecule has 5 aromatic rings. The van der Waals surface area contributed by atoms with Gasteiger partial charge in [0.2, 0.25) is 0 Å². The summed E-state index contributed by atoms with van der Waals surface area (Å²) in [4.78, 5) is 12.2. The van der Waals surface area contributed by atoms with Gasteiger partial charge in [0.15, 0.2) is 16.7 Å². The van der Waals surface area contributed by atoms with Gasteiger partial charge in [0, 0.05) is 61.2 Å². The number of morpholine rings is 1. The number of benzene rings is 3. The average Bonchev–Trinajstić information content (AvgIpc) is 3.41. The second-order valence-electron chi connectivity index (χ2n) is 9.87. The van der Waals surface area contributed by atoms with Gasteiger partial charge in [-0.25, -0.2) is 4.98 Å². The van der Waals surface area contributed by atoms with Gasteiger partial charge in [0.1, 0.15) is 12.7 Å². The van der Waals surface area contributed by atoms with Crippen LogP contribution in [0.5, 0.6) is 11.5 Å². The summed E-state index contributed by atoms with van der Waals surface area (Å²) in [5.74, 6) is 1.33. The van der Waals surface area contributed by atoms with E-state index in [0.29, 0.717) is 34.4 Å². The number of methoxy groups -OCH3 is 1. The molecule has 0 atom stereocenters. The van der Waals surface area contributed by atoms with Crippen molar-refractivity contribution in [3.05, 3.63) is 71.6 Å². The summed E-state index contributed by atoms with van der Waals surface area (Å²) in [6.07, 6.45) is 5.24. The molecule has 0 aliphatic carbocycles. The summed E-state index contributed by atoms with van der Waals surface area (Å²) in [5, 5.41) is 17.5. The lowest BCUT2D eigenvalue weighted by Crippen LogP contribution is -2.38. The SMILES string of the molecule is COc1cc2cc3c(Nc4ccc(Sc5nccn5C)c(Cl)c4)c(C#N)cnc3cc2cc1OCCN1CCOCC1. The second kappa shape index (κ2) is 12.5. The smallest absolute Gasteiger partial charge is 0.172 e. The second-order valence-corrected chi connectivity index (χ2v) is 11.3. The first kappa shape index (κ1) is 28.1. The third-order valence-electron chi connectivity index (χ3n) is 7.18. The largest absolute Gasteiger partial charge is 0.493 e. The molecule has 0 saturated carbocycles. The molecule has 214 valence electrons. The number of anilines is 2. The van der Waals surface area contributed by atoms with E-state index in [0.717, 1.165) is 70.3 Å². The number of ether oxygens (including phenoxy) is 3. The van der Waals surface area contributed by atoms with E-state index in [1.54, 1.807) is 19.5 Å². The van der Waals surface area contributed by atoms with Crippen LogP contribution in [0.1, 0.15) is 5.56 Å². The lowest BCUT2D eigenvalue weighted by molar-refractivity contribution is 0.0321. The van der Waals surface area contributed by atoms with Crippen molar-refractivity contribution in [2.24, 2.45) is 7.05 Å². The number of nitrogens with one attached hydrogen (secondary N) is 1. The van der Waals surface area contributed by atoms with E-state index in [4.69, 9.17) is 25.8 Å². The summed E-state index contributed by atoms with van der Waals surface area (Å²) in [6.45, 7) is 4.71. The summed E-state index contributed by atoms with van der Waals surface area (Å²) >= 11 is 8.15. The van der Waals surface area contributed by atoms with Crippen LogP contribution in [0.3, 0.4) is 0 Å². The molecule has 1 saturated heterocycles. The third-order valence-corrected chi connectivity index (χ3v) is 8.75. The topological polar surface area (TPSA) is 97.5 Å². The maximum absolute atomic E-state index is 9.92. The van der Waals surface area contributed by atoms with Gasteiger partial charge in [0.05, 0.1) is 42.1 Å². The van der Waals surface area contributed by atoms with E-state index in [9.17, 15) is 5.26 Å². The Bertz CT molecular complexity index is 1800. The fraction of sp³-hybridized carbons (Fsp3) is 0.258. The lowest BCUT2D eigenvalue weighted by atomic mass is 10.0. The Morgan fingerprint density at radius 3 is 2.64 bits per heavy atom. The molecular weight excluding hydrogens is 572 g/mol. The van der Waals surface area contributed by atoms with Gasteiger partial charge < -0.3 is 24.1 Å². The Hall–Kier alpha value is -4.01. The van der Waals surface area contributed by atoms with Gasteiger partial charge in [-0.1, -0.05) is 23.4 Å². The molecule has 1 N–H and O–H groups in total. The first-order chi connectivity index (χ1) is 20.5. The maximum Gasteiger partial charge on any atom is 0.172 e. The van der Waals surface area contributed by atoms with Crippen LogP contribution in [0, 0.1) is 11.3 Å². The van der Waals surface area contributed by atoms with Crippen molar-refractivity contribution in [1.82, 2.24) is 19.4 Å². The lowest BCUT2D eigenvalue weighted by Gasteiger charge is -2.26. The maximum atomic E-state index is 9.92. The number of imidazole rings is 1. The number of halogens is 1. The molecule has 6 rings (SSSR count). The predicted octanol–water partition coefficient (Wildman–Crippen LogP) is 6.26. The fourth-order valence-corrected chi connectivity index (χ4v) is 6.01. The predicted molar refractivity (Wildman–Crippen MR) is 165 cm³/mol. The van der Waals surface area contributed by atoms with Crippen LogP contribution >= 0.6 is 23.4 Å². The minimum absolute atomic E-state index is 0.430. The molecule has 1 fully saturated rings. The van der Waals surface area contributed by atoms with E-state index in [-0.39, 0.29) is 0 Å². The van der Waals surface area contributed by atoms with Crippen molar-refractivity contribution >= 4 is 56.4 Å². The number of nitriles is 1. The zero-order valence-electron chi connectivity index (χ0n) is 23.3. The Morgan fingerprint density at radius 2 is 1.90 bits per heavy atom. The molecule has 2 aromatic heterocycles. The van der Waals surface area contributed by atoms with Crippen LogP contribution in [0.2, 0.25) is 5.02 Å². The Morgan fingerprint density at radius 1 is 1.10 bits per heavy atom. The van der Waals surface area contributed by atoms with Gasteiger partial charge in [-0.15, -0.1) is 0 Å². The van der Waals surface area contributed by atoms with Gasteiger partial charge in [-0.3, -0.25) is 9.88 Å². The summed E-state index contributed by atoms with van der Waals surface area (Å²) in [7, 11) is 3.58. The molecule has 42 heavy (non-hydrogen) atoms. The van der Waals surface area contributed by atoms with Crippen molar-refractivity contribution in [1.29, 1.82) is 5.26 Å². The Kier molecular flexibility index (Phi) is 8.35. The molecule has 1 aliphatic heterocycles. The highest BCUT2D eigenvalue weighted by Crippen LogP contribution is 2.39. The number of aromatic nitrogens is 3. The van der Waals surface area contributed by atoms with Gasteiger partial charge >= 0.3 is 0 Å². The van der Waals surface area contributed by atoms with Crippen LogP contribution in [0.15, 0.2) is 71.1 Å². The highest BCUT2D eigenvalue weighted by molar-refractivity contribution is 7.99. The van der Waals surface area contributed by atoms with Crippen molar-refractivity contribution < 1.29 is 14.2 Å². The zero-order chi connectivity index (χ0) is 29.1. The molecule has 9 nitrogen and oxygen atoms in total. The highest BCUT2D eigenvalue weighted by atomic mass is 35.5. The fourth-order valence-electron chi connectivity index (χ4n) is 4.90. The number of aryl methyl sites for hydroxylation is 1. The average molecular weight is 601 g/mol. The van der Waals surface area contributed by atoms with Crippen molar-refractivity contribution in [2.75, 3.05) is 51.9 Å².